The van der Waals surface area contributed by atoms with Gasteiger partial charge in [0.15, 0.2) is 0 Å². The Morgan fingerprint density at radius 3 is 2.68 bits per heavy atom. The average molecular weight is 429 g/mol. The van der Waals surface area contributed by atoms with Gasteiger partial charge >= 0.3 is 11.9 Å². The van der Waals surface area contributed by atoms with Gasteiger partial charge in [0, 0.05) is 23.7 Å². The summed E-state index contributed by atoms with van der Waals surface area (Å²) in [4.78, 5) is 33.3. The van der Waals surface area contributed by atoms with Gasteiger partial charge in [-0.3, -0.25) is 9.78 Å². The van der Waals surface area contributed by atoms with Crippen LogP contribution in [0.4, 0.5) is 13.2 Å². The zero-order valence-corrected chi connectivity index (χ0v) is 16.5. The number of pyridine rings is 1. The summed E-state index contributed by atoms with van der Waals surface area (Å²) in [5, 5.41) is 4.64. The largest absolute Gasteiger partial charge is 0.417 e. The Hall–Kier alpha value is -3.69. The number of hydrogen-bond donors (Lipinski definition) is 1. The first-order chi connectivity index (χ1) is 14.8. The molecule has 3 aromatic heterocycles. The lowest BCUT2D eigenvalue weighted by Crippen LogP contribution is -2.31. The maximum absolute atomic E-state index is 13.2. The van der Waals surface area contributed by atoms with Crippen LogP contribution in [0.15, 0.2) is 53.6 Å². The summed E-state index contributed by atoms with van der Waals surface area (Å²) < 4.78 is 39.5. The molecule has 4 rings (SSSR count). The van der Waals surface area contributed by atoms with E-state index in [0.717, 1.165) is 12.3 Å². The van der Waals surface area contributed by atoms with Crippen LogP contribution >= 0.6 is 0 Å². The summed E-state index contributed by atoms with van der Waals surface area (Å²) in [6.45, 7) is 2.39. The number of hydrogen-bond acceptors (Lipinski definition) is 4. The second-order valence-electron chi connectivity index (χ2n) is 7.08. The number of aromatic nitrogens is 4. The lowest BCUT2D eigenvalue weighted by atomic mass is 10.1. The van der Waals surface area contributed by atoms with Gasteiger partial charge in [-0.15, -0.1) is 0 Å². The zero-order valence-electron chi connectivity index (χ0n) is 16.5. The fourth-order valence-electron chi connectivity index (χ4n) is 3.42. The summed E-state index contributed by atoms with van der Waals surface area (Å²) in [6.07, 6.45) is -1.53. The topological polar surface area (TPSA) is 83.4 Å². The Kier molecular flexibility index (Phi) is 5.22. The van der Waals surface area contributed by atoms with Gasteiger partial charge in [-0.05, 0) is 42.8 Å². The second kappa shape index (κ2) is 7.86. The van der Waals surface area contributed by atoms with E-state index in [4.69, 9.17) is 0 Å². The minimum Gasteiger partial charge on any atom is -0.333 e. The SMILES string of the molecule is CCCN(Cc1ccc(C(F)(F)F)cn1)C(=O)c1ccc2[nH]c(=O)n3nccc3c2c1. The normalized spacial score (nSPS) is 11.9. The van der Waals surface area contributed by atoms with Crippen molar-refractivity contribution < 1.29 is 18.0 Å². The van der Waals surface area contributed by atoms with E-state index < -0.39 is 11.7 Å². The van der Waals surface area contributed by atoms with Crippen LogP contribution in [-0.2, 0) is 12.7 Å². The molecular weight excluding hydrogens is 411 g/mol. The van der Waals surface area contributed by atoms with Crippen molar-refractivity contribution in [3.8, 4) is 0 Å². The van der Waals surface area contributed by atoms with Gasteiger partial charge in [-0.1, -0.05) is 6.92 Å². The molecule has 4 aromatic rings. The Morgan fingerprint density at radius 2 is 2.00 bits per heavy atom. The van der Waals surface area contributed by atoms with Gasteiger partial charge in [-0.2, -0.15) is 22.8 Å². The molecule has 0 bridgehead atoms. The molecule has 10 heteroatoms. The van der Waals surface area contributed by atoms with Gasteiger partial charge in [-0.25, -0.2) is 4.79 Å². The van der Waals surface area contributed by atoms with Crippen LogP contribution in [0.5, 0.6) is 0 Å². The summed E-state index contributed by atoms with van der Waals surface area (Å²) >= 11 is 0. The van der Waals surface area contributed by atoms with E-state index in [0.29, 0.717) is 40.6 Å². The van der Waals surface area contributed by atoms with Crippen molar-refractivity contribution in [2.24, 2.45) is 0 Å². The van der Waals surface area contributed by atoms with Gasteiger partial charge in [0.25, 0.3) is 5.91 Å². The third-order valence-corrected chi connectivity index (χ3v) is 4.90. The lowest BCUT2D eigenvalue weighted by molar-refractivity contribution is -0.137. The highest BCUT2D eigenvalue weighted by molar-refractivity contribution is 6.01. The fraction of sp³-hybridized carbons (Fsp3) is 0.238. The number of amides is 1. The molecule has 0 aliphatic carbocycles. The summed E-state index contributed by atoms with van der Waals surface area (Å²) in [6, 6.07) is 8.85. The van der Waals surface area contributed by atoms with Crippen molar-refractivity contribution in [3.63, 3.8) is 0 Å². The Labute approximate surface area is 174 Å². The predicted octanol–water partition coefficient (Wildman–Crippen LogP) is 3.64. The lowest BCUT2D eigenvalue weighted by Gasteiger charge is -2.22. The van der Waals surface area contributed by atoms with Crippen LogP contribution in [-0.4, -0.2) is 36.9 Å². The highest BCUT2D eigenvalue weighted by atomic mass is 19.4. The van der Waals surface area contributed by atoms with E-state index >= 15 is 0 Å². The molecule has 7 nitrogen and oxygen atoms in total. The molecule has 160 valence electrons. The Bertz CT molecular complexity index is 1310. The van der Waals surface area contributed by atoms with Crippen molar-refractivity contribution in [3.05, 3.63) is 76.1 Å². The summed E-state index contributed by atoms with van der Waals surface area (Å²) in [5.74, 6) is -0.283. The first-order valence-electron chi connectivity index (χ1n) is 9.59. The molecule has 0 saturated carbocycles. The quantitative estimate of drug-likeness (QED) is 0.525. The molecule has 1 aromatic carbocycles. The van der Waals surface area contributed by atoms with Gasteiger partial charge in [0.2, 0.25) is 0 Å². The molecule has 3 heterocycles. The van der Waals surface area contributed by atoms with Crippen LogP contribution in [0.3, 0.4) is 0 Å². The molecule has 0 aliphatic rings. The van der Waals surface area contributed by atoms with Gasteiger partial charge in [0.05, 0.1) is 35.0 Å². The number of halogens is 3. The number of nitrogens with one attached hydrogen (secondary N) is 1. The van der Waals surface area contributed by atoms with Crippen molar-refractivity contribution in [1.29, 1.82) is 0 Å². The number of fused-ring (bicyclic) bond motifs is 3. The molecule has 0 aliphatic heterocycles. The number of carbonyl (C=O) groups excluding carboxylic acids is 1. The molecule has 0 fully saturated rings. The summed E-state index contributed by atoms with van der Waals surface area (Å²) in [5.41, 5.74) is 0.674. The van der Waals surface area contributed by atoms with E-state index in [2.05, 4.69) is 15.1 Å². The van der Waals surface area contributed by atoms with Crippen LogP contribution in [0.2, 0.25) is 0 Å². The van der Waals surface area contributed by atoms with Crippen LogP contribution in [0.1, 0.15) is 35.0 Å². The van der Waals surface area contributed by atoms with Gasteiger partial charge < -0.3 is 9.88 Å². The van der Waals surface area contributed by atoms with Crippen molar-refractivity contribution in [2.75, 3.05) is 6.54 Å². The first-order valence-corrected chi connectivity index (χ1v) is 9.59. The predicted molar refractivity (Wildman–Crippen MR) is 108 cm³/mol. The number of alkyl halides is 3. The molecule has 0 atom stereocenters. The van der Waals surface area contributed by atoms with E-state index in [1.807, 2.05) is 6.92 Å². The fourth-order valence-corrected chi connectivity index (χ4v) is 3.42. The third-order valence-electron chi connectivity index (χ3n) is 4.90. The molecular formula is C21H18F3N5O2. The highest BCUT2D eigenvalue weighted by Gasteiger charge is 2.30. The molecule has 0 unspecified atom stereocenters. The van der Waals surface area contributed by atoms with Crippen LogP contribution < -0.4 is 5.69 Å². The van der Waals surface area contributed by atoms with Gasteiger partial charge in [0.1, 0.15) is 0 Å². The van der Waals surface area contributed by atoms with Crippen LogP contribution in [0, 0.1) is 0 Å². The molecule has 31 heavy (non-hydrogen) atoms. The third kappa shape index (κ3) is 4.00. The second-order valence-corrected chi connectivity index (χ2v) is 7.08. The van der Waals surface area contributed by atoms with E-state index in [-0.39, 0.29) is 18.1 Å². The average Bonchev–Trinajstić information content (AvgIpc) is 3.24. The number of benzene rings is 1. The number of carbonyl (C=O) groups is 1. The Morgan fingerprint density at radius 1 is 1.19 bits per heavy atom. The zero-order chi connectivity index (χ0) is 22.2. The standard InChI is InChI=1S/C21H18F3N5O2/c1-2-9-28(12-15-5-4-14(11-25-15)21(22,23)24)19(30)13-3-6-17-16(10-13)18-7-8-26-29(18)20(31)27-17/h3-8,10-11H,2,9,12H2,1H3,(H,27,31). The van der Waals surface area contributed by atoms with Crippen molar-refractivity contribution in [2.45, 2.75) is 26.1 Å². The van der Waals surface area contributed by atoms with E-state index in [1.54, 1.807) is 24.3 Å². The molecule has 1 N–H and O–H groups in total. The van der Waals surface area contributed by atoms with E-state index in [9.17, 15) is 22.8 Å². The molecule has 0 spiro atoms. The monoisotopic (exact) mass is 429 g/mol. The number of rotatable bonds is 5. The summed E-state index contributed by atoms with van der Waals surface area (Å²) in [7, 11) is 0. The maximum Gasteiger partial charge on any atom is 0.417 e. The maximum atomic E-state index is 13.2. The van der Waals surface area contributed by atoms with Crippen LogP contribution in [0.25, 0.3) is 16.4 Å². The minimum absolute atomic E-state index is 0.0799. The highest BCUT2D eigenvalue weighted by Crippen LogP contribution is 2.28. The first kappa shape index (κ1) is 20.6. The number of nitrogens with zero attached hydrogens (tertiary/aromatic N) is 4. The molecule has 0 saturated heterocycles. The minimum atomic E-state index is -4.46. The molecule has 1 amide bonds. The Balaban J connectivity index is 1.66. The van der Waals surface area contributed by atoms with E-state index in [1.165, 1.54) is 21.7 Å². The van der Waals surface area contributed by atoms with Crippen molar-refractivity contribution in [1.82, 2.24) is 24.5 Å². The molecule has 0 radical (unpaired) electrons. The number of H-pyrrole nitrogens is 1. The smallest absolute Gasteiger partial charge is 0.333 e. The number of aromatic amines is 1. The van der Waals surface area contributed by atoms with Crippen molar-refractivity contribution >= 4 is 22.3 Å².